The smallest absolute Gasteiger partial charge is 0.306 e. The van der Waals surface area contributed by atoms with E-state index in [1.165, 1.54) is 0 Å². The molecule has 1 atom stereocenters. The summed E-state index contributed by atoms with van der Waals surface area (Å²) in [6.07, 6.45) is 0. The van der Waals surface area contributed by atoms with E-state index in [0.717, 1.165) is 16.6 Å². The van der Waals surface area contributed by atoms with Crippen LogP contribution in [0.15, 0.2) is 41.2 Å². The molecule has 0 saturated carbocycles. The number of alkyl halides is 1. The van der Waals surface area contributed by atoms with Crippen LogP contribution in [0.25, 0.3) is 11.0 Å². The fourth-order valence-corrected chi connectivity index (χ4v) is 2.99. The predicted molar refractivity (Wildman–Crippen MR) is 83.1 cm³/mol. The summed E-state index contributed by atoms with van der Waals surface area (Å²) in [4.78, 5) is 16.6. The molecule has 0 radical (unpaired) electrons. The minimum atomic E-state index is -0.414. The first-order valence-electron chi connectivity index (χ1n) is 5.85. The summed E-state index contributed by atoms with van der Waals surface area (Å²) in [7, 11) is 0. The molecule has 0 aliphatic rings. The Morgan fingerprint density at radius 1 is 0.950 bits per heavy atom. The first kappa shape index (κ1) is 13.6. The number of hydrogen-bond donors (Lipinski definition) is 2. The van der Waals surface area contributed by atoms with Crippen LogP contribution in [-0.4, -0.2) is 9.97 Å². The quantitative estimate of drug-likeness (QED) is 0.669. The Bertz CT molecular complexity index is 838. The minimum Gasteiger partial charge on any atom is -0.306 e. The van der Waals surface area contributed by atoms with Crippen LogP contribution in [0.3, 0.4) is 0 Å². The first-order valence-corrected chi connectivity index (χ1v) is 7.05. The van der Waals surface area contributed by atoms with Gasteiger partial charge in [-0.15, -0.1) is 11.6 Å². The van der Waals surface area contributed by atoms with Gasteiger partial charge in [0.25, 0.3) is 0 Å². The molecule has 0 fully saturated rings. The van der Waals surface area contributed by atoms with Gasteiger partial charge in [-0.3, -0.25) is 0 Å². The zero-order valence-electron chi connectivity index (χ0n) is 10.1. The number of aromatic amines is 2. The van der Waals surface area contributed by atoms with Gasteiger partial charge in [-0.1, -0.05) is 35.3 Å². The summed E-state index contributed by atoms with van der Waals surface area (Å²) in [5.74, 6) is 0. The average molecular weight is 328 g/mol. The normalized spacial score (nSPS) is 12.8. The van der Waals surface area contributed by atoms with Crippen LogP contribution in [-0.2, 0) is 0 Å². The van der Waals surface area contributed by atoms with Crippen molar-refractivity contribution in [1.82, 2.24) is 9.97 Å². The van der Waals surface area contributed by atoms with Gasteiger partial charge in [-0.05, 0) is 35.4 Å². The highest BCUT2D eigenvalue weighted by Gasteiger charge is 2.15. The van der Waals surface area contributed by atoms with Crippen molar-refractivity contribution in [3.8, 4) is 0 Å². The minimum absolute atomic E-state index is 0.243. The van der Waals surface area contributed by atoms with E-state index in [1.807, 2.05) is 18.2 Å². The van der Waals surface area contributed by atoms with Gasteiger partial charge in [0.05, 0.1) is 16.4 Å². The molecule has 2 N–H and O–H groups in total. The van der Waals surface area contributed by atoms with E-state index in [2.05, 4.69) is 9.97 Å². The molecular weight excluding hydrogens is 319 g/mol. The third-order valence-electron chi connectivity index (χ3n) is 3.07. The molecule has 1 unspecified atom stereocenters. The predicted octanol–water partition coefficient (Wildman–Crippen LogP) is 4.49. The van der Waals surface area contributed by atoms with Crippen molar-refractivity contribution in [3.63, 3.8) is 0 Å². The van der Waals surface area contributed by atoms with Gasteiger partial charge in [0.2, 0.25) is 0 Å². The lowest BCUT2D eigenvalue weighted by atomic mass is 10.0. The zero-order chi connectivity index (χ0) is 14.3. The molecular formula is C14H9Cl3N2O. The number of aromatic nitrogens is 2. The zero-order valence-corrected chi connectivity index (χ0v) is 12.4. The first-order chi connectivity index (χ1) is 9.54. The molecule has 6 heteroatoms. The third kappa shape index (κ3) is 2.44. The van der Waals surface area contributed by atoms with E-state index in [4.69, 9.17) is 34.8 Å². The van der Waals surface area contributed by atoms with Crippen LogP contribution in [0, 0.1) is 0 Å². The van der Waals surface area contributed by atoms with Crippen molar-refractivity contribution in [3.05, 3.63) is 68.1 Å². The van der Waals surface area contributed by atoms with Crippen LogP contribution < -0.4 is 5.69 Å². The molecule has 0 saturated heterocycles. The van der Waals surface area contributed by atoms with Gasteiger partial charge in [0.15, 0.2) is 0 Å². The van der Waals surface area contributed by atoms with Crippen LogP contribution >= 0.6 is 34.8 Å². The van der Waals surface area contributed by atoms with E-state index in [1.54, 1.807) is 18.2 Å². The lowest BCUT2D eigenvalue weighted by Gasteiger charge is -2.12. The largest absolute Gasteiger partial charge is 0.323 e. The lowest BCUT2D eigenvalue weighted by Crippen LogP contribution is -1.99. The Labute approximate surface area is 129 Å². The van der Waals surface area contributed by atoms with Crippen molar-refractivity contribution >= 4 is 45.8 Å². The van der Waals surface area contributed by atoms with Crippen LogP contribution in [0.2, 0.25) is 10.0 Å². The Morgan fingerprint density at radius 2 is 1.70 bits per heavy atom. The number of nitrogens with one attached hydrogen (secondary N) is 2. The molecule has 2 aromatic carbocycles. The Kier molecular flexibility index (Phi) is 3.50. The maximum atomic E-state index is 11.3. The van der Waals surface area contributed by atoms with Gasteiger partial charge in [-0.2, -0.15) is 0 Å². The van der Waals surface area contributed by atoms with E-state index in [-0.39, 0.29) is 5.69 Å². The lowest BCUT2D eigenvalue weighted by molar-refractivity contribution is 1.14. The van der Waals surface area contributed by atoms with Crippen LogP contribution in [0.5, 0.6) is 0 Å². The third-order valence-corrected chi connectivity index (χ3v) is 4.12. The fraction of sp³-hybridized carbons (Fsp3) is 0.0714. The van der Waals surface area contributed by atoms with Gasteiger partial charge in [0, 0.05) is 10.0 Å². The number of benzene rings is 2. The molecule has 3 aromatic rings. The van der Waals surface area contributed by atoms with E-state index < -0.39 is 5.38 Å². The van der Waals surface area contributed by atoms with Crippen LogP contribution in [0.4, 0.5) is 0 Å². The molecule has 0 spiro atoms. The molecule has 3 rings (SSSR count). The van der Waals surface area contributed by atoms with Gasteiger partial charge in [-0.25, -0.2) is 4.79 Å². The maximum Gasteiger partial charge on any atom is 0.323 e. The summed E-state index contributed by atoms with van der Waals surface area (Å²) in [6.45, 7) is 0. The second kappa shape index (κ2) is 5.17. The Balaban J connectivity index is 2.06. The molecule has 1 heterocycles. The summed E-state index contributed by atoms with van der Waals surface area (Å²) < 4.78 is 0. The molecule has 3 nitrogen and oxygen atoms in total. The van der Waals surface area contributed by atoms with Crippen molar-refractivity contribution in [2.24, 2.45) is 0 Å². The highest BCUT2D eigenvalue weighted by molar-refractivity contribution is 6.36. The number of hydrogen-bond acceptors (Lipinski definition) is 1. The molecule has 102 valence electrons. The van der Waals surface area contributed by atoms with Crippen molar-refractivity contribution in [2.75, 3.05) is 0 Å². The molecule has 1 aromatic heterocycles. The van der Waals surface area contributed by atoms with E-state index in [0.29, 0.717) is 15.6 Å². The monoisotopic (exact) mass is 326 g/mol. The molecule has 0 aliphatic heterocycles. The van der Waals surface area contributed by atoms with Crippen molar-refractivity contribution in [2.45, 2.75) is 5.38 Å². The maximum absolute atomic E-state index is 11.3. The van der Waals surface area contributed by atoms with Crippen molar-refractivity contribution in [1.29, 1.82) is 0 Å². The number of rotatable bonds is 2. The summed E-state index contributed by atoms with van der Waals surface area (Å²) in [5.41, 5.74) is 2.83. The number of halogens is 3. The van der Waals surface area contributed by atoms with Crippen molar-refractivity contribution < 1.29 is 0 Å². The summed E-state index contributed by atoms with van der Waals surface area (Å²) in [5, 5.41) is 0.663. The molecule has 0 bridgehead atoms. The fourth-order valence-electron chi connectivity index (χ4n) is 2.09. The number of imidazole rings is 1. The molecule has 0 aliphatic carbocycles. The Hall–Kier alpha value is -1.42. The molecule has 20 heavy (non-hydrogen) atoms. The standard InChI is InChI=1S/C14H9Cl3N2O/c15-8-2-3-9(10(16)6-8)13(17)7-1-4-11-12(5-7)19-14(20)18-11/h1-6,13H,(H2,18,19,20). The number of fused-ring (bicyclic) bond motifs is 1. The number of H-pyrrole nitrogens is 2. The van der Waals surface area contributed by atoms with E-state index >= 15 is 0 Å². The average Bonchev–Trinajstić information content (AvgIpc) is 2.77. The second-order valence-electron chi connectivity index (χ2n) is 4.41. The second-order valence-corrected chi connectivity index (χ2v) is 5.69. The van der Waals surface area contributed by atoms with Gasteiger partial charge < -0.3 is 9.97 Å². The summed E-state index contributed by atoms with van der Waals surface area (Å²) in [6, 6.07) is 10.7. The van der Waals surface area contributed by atoms with Crippen LogP contribution in [0.1, 0.15) is 16.5 Å². The van der Waals surface area contributed by atoms with E-state index in [9.17, 15) is 4.79 Å². The highest BCUT2D eigenvalue weighted by Crippen LogP contribution is 2.35. The highest BCUT2D eigenvalue weighted by atomic mass is 35.5. The SMILES string of the molecule is O=c1[nH]c2ccc(C(Cl)c3ccc(Cl)cc3Cl)cc2[nH]1. The molecule has 0 amide bonds. The van der Waals surface area contributed by atoms with Gasteiger partial charge >= 0.3 is 5.69 Å². The van der Waals surface area contributed by atoms with Gasteiger partial charge in [0.1, 0.15) is 0 Å². The summed E-state index contributed by atoms with van der Waals surface area (Å²) >= 11 is 18.5. The Morgan fingerprint density at radius 3 is 2.45 bits per heavy atom. The topological polar surface area (TPSA) is 48.6 Å².